The molecule has 54 valence electrons. The van der Waals surface area contributed by atoms with Crippen molar-refractivity contribution in [2.24, 2.45) is 0 Å². The summed E-state index contributed by atoms with van der Waals surface area (Å²) in [5.74, 6) is 0.302. The number of carbonyl (C=O) groups excluding carboxylic acids is 1. The van der Waals surface area contributed by atoms with Gasteiger partial charge in [-0.1, -0.05) is 0 Å². The lowest BCUT2D eigenvalue weighted by Gasteiger charge is -1.95. The van der Waals surface area contributed by atoms with Crippen LogP contribution < -0.4 is 4.74 Å². The second-order valence-electron chi connectivity index (χ2n) is 1.65. The van der Waals surface area contributed by atoms with Gasteiger partial charge in [0, 0.05) is 6.92 Å². The Morgan fingerprint density at radius 1 is 1.80 bits per heavy atom. The monoisotopic (exact) mass is 220 g/mol. The zero-order chi connectivity index (χ0) is 7.56. The Balaban J connectivity index is 2.74. The first kappa shape index (κ1) is 7.75. The maximum absolute atomic E-state index is 10.4. The maximum atomic E-state index is 10.4. The van der Waals surface area contributed by atoms with E-state index < -0.39 is 0 Å². The highest BCUT2D eigenvalue weighted by Gasteiger charge is 2.03. The molecule has 1 aromatic heterocycles. The third-order valence-electron chi connectivity index (χ3n) is 0.838. The molecule has 0 bridgehead atoms. The molecule has 10 heavy (non-hydrogen) atoms. The highest BCUT2D eigenvalue weighted by atomic mass is 79.9. The summed E-state index contributed by atoms with van der Waals surface area (Å²) in [6.45, 7) is 1.38. The van der Waals surface area contributed by atoms with Crippen LogP contribution in [0.2, 0.25) is 0 Å². The first-order valence-electron chi connectivity index (χ1n) is 2.61. The summed E-state index contributed by atoms with van der Waals surface area (Å²) in [5.41, 5.74) is 0. The number of carbonyl (C=O) groups is 1. The minimum Gasteiger partial charge on any atom is -0.425 e. The molecule has 0 saturated carbocycles. The van der Waals surface area contributed by atoms with Gasteiger partial charge in [-0.2, -0.15) is 0 Å². The van der Waals surface area contributed by atoms with Crippen molar-refractivity contribution >= 4 is 33.2 Å². The lowest BCUT2D eigenvalue weighted by molar-refractivity contribution is -0.131. The number of hydrogen-bond donors (Lipinski definition) is 0. The Bertz CT molecular complexity index is 244. The molecule has 0 saturated heterocycles. The predicted octanol–water partition coefficient (Wildman–Crippen LogP) is 2.44. The van der Waals surface area contributed by atoms with Crippen LogP contribution in [0.3, 0.4) is 0 Å². The summed E-state index contributed by atoms with van der Waals surface area (Å²) in [5, 5.41) is 1.85. The SMILES string of the molecule is CC(=O)Oc1ccsc1Br. The fourth-order valence-electron chi connectivity index (χ4n) is 0.508. The highest BCUT2D eigenvalue weighted by molar-refractivity contribution is 9.11. The van der Waals surface area contributed by atoms with E-state index in [0.717, 1.165) is 3.79 Å². The normalized spacial score (nSPS) is 9.40. The number of halogens is 1. The molecular weight excluding hydrogens is 216 g/mol. The fraction of sp³-hybridized carbons (Fsp3) is 0.167. The number of hydrogen-bond acceptors (Lipinski definition) is 3. The molecule has 2 nitrogen and oxygen atoms in total. The Hall–Kier alpha value is -0.350. The van der Waals surface area contributed by atoms with Crippen LogP contribution in [0.15, 0.2) is 15.2 Å². The summed E-state index contributed by atoms with van der Waals surface area (Å²) in [6, 6.07) is 1.75. The van der Waals surface area contributed by atoms with E-state index in [4.69, 9.17) is 4.74 Å². The van der Waals surface area contributed by atoms with Crippen LogP contribution in [-0.2, 0) is 4.79 Å². The Morgan fingerprint density at radius 3 is 2.90 bits per heavy atom. The molecule has 0 aromatic carbocycles. The van der Waals surface area contributed by atoms with Crippen LogP contribution in [0.4, 0.5) is 0 Å². The molecule has 0 atom stereocenters. The van der Waals surface area contributed by atoms with Gasteiger partial charge in [-0.25, -0.2) is 0 Å². The van der Waals surface area contributed by atoms with Crippen molar-refractivity contribution < 1.29 is 9.53 Å². The minimum atomic E-state index is -0.292. The molecule has 1 rings (SSSR count). The third kappa shape index (κ3) is 1.82. The van der Waals surface area contributed by atoms with Crippen molar-refractivity contribution in [2.75, 3.05) is 0 Å². The predicted molar refractivity (Wildman–Crippen MR) is 43.3 cm³/mol. The van der Waals surface area contributed by atoms with Crippen LogP contribution in [0.5, 0.6) is 5.75 Å². The molecule has 0 unspecified atom stereocenters. The van der Waals surface area contributed by atoms with E-state index in [-0.39, 0.29) is 5.97 Å². The first-order chi connectivity index (χ1) is 4.70. The van der Waals surface area contributed by atoms with Gasteiger partial charge in [0.1, 0.15) is 3.79 Å². The zero-order valence-corrected chi connectivity index (χ0v) is 7.66. The largest absolute Gasteiger partial charge is 0.425 e. The summed E-state index contributed by atoms with van der Waals surface area (Å²) >= 11 is 4.72. The Morgan fingerprint density at radius 2 is 2.50 bits per heavy atom. The lowest BCUT2D eigenvalue weighted by atomic mass is 10.6. The van der Waals surface area contributed by atoms with Crippen LogP contribution >= 0.6 is 27.3 Å². The zero-order valence-electron chi connectivity index (χ0n) is 5.26. The van der Waals surface area contributed by atoms with Gasteiger partial charge < -0.3 is 4.74 Å². The third-order valence-corrected chi connectivity index (χ3v) is 2.47. The van der Waals surface area contributed by atoms with Gasteiger partial charge in [-0.3, -0.25) is 4.79 Å². The number of esters is 1. The molecule has 0 aliphatic carbocycles. The quantitative estimate of drug-likeness (QED) is 0.680. The van der Waals surface area contributed by atoms with E-state index in [1.54, 1.807) is 6.07 Å². The second-order valence-corrected chi connectivity index (χ2v) is 3.89. The number of ether oxygens (including phenoxy) is 1. The van der Waals surface area contributed by atoms with Gasteiger partial charge >= 0.3 is 5.97 Å². The summed E-state index contributed by atoms with van der Waals surface area (Å²) < 4.78 is 5.66. The minimum absolute atomic E-state index is 0.292. The number of thiophene rings is 1. The molecule has 0 amide bonds. The van der Waals surface area contributed by atoms with Gasteiger partial charge in [0.25, 0.3) is 0 Å². The average molecular weight is 221 g/mol. The second kappa shape index (κ2) is 3.16. The molecule has 0 spiro atoms. The van der Waals surface area contributed by atoms with E-state index in [1.807, 2.05) is 5.38 Å². The molecular formula is C6H5BrO2S. The summed E-state index contributed by atoms with van der Waals surface area (Å²) in [4.78, 5) is 10.4. The van der Waals surface area contributed by atoms with Crippen molar-refractivity contribution in [3.8, 4) is 5.75 Å². The van der Waals surface area contributed by atoms with Crippen LogP contribution in [0.25, 0.3) is 0 Å². The highest BCUT2D eigenvalue weighted by Crippen LogP contribution is 2.30. The molecule has 1 heterocycles. The number of rotatable bonds is 1. The van der Waals surface area contributed by atoms with Gasteiger partial charge in [-0.05, 0) is 27.4 Å². The molecule has 0 aliphatic rings. The van der Waals surface area contributed by atoms with Crippen molar-refractivity contribution in [3.05, 3.63) is 15.2 Å². The first-order valence-corrected chi connectivity index (χ1v) is 4.29. The van der Waals surface area contributed by atoms with Gasteiger partial charge in [0.05, 0.1) is 0 Å². The maximum Gasteiger partial charge on any atom is 0.308 e. The summed E-state index contributed by atoms with van der Waals surface area (Å²) in [7, 11) is 0. The van der Waals surface area contributed by atoms with Crippen LogP contribution in [0.1, 0.15) is 6.92 Å². The molecule has 1 aromatic rings. The Kier molecular flexibility index (Phi) is 2.45. The van der Waals surface area contributed by atoms with E-state index >= 15 is 0 Å². The van der Waals surface area contributed by atoms with E-state index in [9.17, 15) is 4.79 Å². The summed E-state index contributed by atoms with van der Waals surface area (Å²) in [6.07, 6.45) is 0. The van der Waals surface area contributed by atoms with Crippen molar-refractivity contribution in [2.45, 2.75) is 6.92 Å². The van der Waals surface area contributed by atoms with E-state index in [2.05, 4.69) is 15.9 Å². The molecule has 0 aliphatic heterocycles. The fourth-order valence-corrected chi connectivity index (χ4v) is 1.58. The van der Waals surface area contributed by atoms with Gasteiger partial charge in [-0.15, -0.1) is 11.3 Å². The van der Waals surface area contributed by atoms with Crippen molar-refractivity contribution in [1.29, 1.82) is 0 Å². The Labute approximate surface area is 70.9 Å². The van der Waals surface area contributed by atoms with Gasteiger partial charge in [0.15, 0.2) is 5.75 Å². The van der Waals surface area contributed by atoms with Crippen LogP contribution in [-0.4, -0.2) is 5.97 Å². The van der Waals surface area contributed by atoms with Crippen molar-refractivity contribution in [3.63, 3.8) is 0 Å². The molecule has 4 heteroatoms. The smallest absolute Gasteiger partial charge is 0.308 e. The van der Waals surface area contributed by atoms with Gasteiger partial charge in [0.2, 0.25) is 0 Å². The lowest BCUT2D eigenvalue weighted by Crippen LogP contribution is -2.00. The van der Waals surface area contributed by atoms with Crippen molar-refractivity contribution in [1.82, 2.24) is 0 Å². The standard InChI is InChI=1S/C6H5BrO2S/c1-4(8)9-5-2-3-10-6(5)7/h2-3H,1H3. The molecule has 0 fully saturated rings. The molecule has 0 radical (unpaired) electrons. The van der Waals surface area contributed by atoms with E-state index in [1.165, 1.54) is 18.3 Å². The average Bonchev–Trinajstić information content (AvgIpc) is 2.15. The topological polar surface area (TPSA) is 26.3 Å². The van der Waals surface area contributed by atoms with E-state index in [0.29, 0.717) is 5.75 Å². The molecule has 0 N–H and O–H groups in total. The van der Waals surface area contributed by atoms with Crippen LogP contribution in [0, 0.1) is 0 Å².